The number of carbonyl (C=O) groups is 1. The smallest absolute Gasteiger partial charge is 0.259 e. The summed E-state index contributed by atoms with van der Waals surface area (Å²) in [6.07, 6.45) is 0.830. The van der Waals surface area contributed by atoms with E-state index in [9.17, 15) is 9.90 Å². The summed E-state index contributed by atoms with van der Waals surface area (Å²) in [6, 6.07) is 10.1. The number of anilines is 2. The summed E-state index contributed by atoms with van der Waals surface area (Å²) in [5.74, 6) is -0.353. The van der Waals surface area contributed by atoms with E-state index in [-0.39, 0.29) is 17.1 Å². The average Bonchev–Trinajstić information content (AvgIpc) is 2.47. The lowest BCUT2D eigenvalue weighted by Gasteiger charge is -2.11. The Kier molecular flexibility index (Phi) is 4.33. The van der Waals surface area contributed by atoms with Crippen molar-refractivity contribution >= 4 is 17.3 Å². The van der Waals surface area contributed by atoms with Crippen molar-refractivity contribution in [3.8, 4) is 11.5 Å². The quantitative estimate of drug-likeness (QED) is 0.754. The van der Waals surface area contributed by atoms with Crippen LogP contribution in [0.1, 0.15) is 22.8 Å². The summed E-state index contributed by atoms with van der Waals surface area (Å²) in [4.78, 5) is 12.2. The molecular weight excluding hydrogens is 268 g/mol. The van der Waals surface area contributed by atoms with Crippen molar-refractivity contribution in [2.45, 2.75) is 13.3 Å². The zero-order chi connectivity index (χ0) is 15.4. The summed E-state index contributed by atoms with van der Waals surface area (Å²) < 4.78 is 4.99. The van der Waals surface area contributed by atoms with Crippen molar-refractivity contribution < 1.29 is 14.6 Å². The molecule has 5 nitrogen and oxygen atoms in total. The average molecular weight is 286 g/mol. The number of nitrogens with one attached hydrogen (secondary N) is 1. The highest BCUT2D eigenvalue weighted by atomic mass is 16.5. The number of hydrogen-bond donors (Lipinski definition) is 3. The van der Waals surface area contributed by atoms with Gasteiger partial charge in [-0.2, -0.15) is 0 Å². The molecule has 0 bridgehead atoms. The van der Waals surface area contributed by atoms with Crippen molar-refractivity contribution in [2.75, 3.05) is 18.2 Å². The Morgan fingerprint density at radius 1 is 1.33 bits per heavy atom. The number of nitrogens with two attached hydrogens (primary N) is 1. The maximum atomic E-state index is 12.2. The maximum Gasteiger partial charge on any atom is 0.259 e. The number of methoxy groups -OCH3 is 1. The molecule has 4 N–H and O–H groups in total. The van der Waals surface area contributed by atoms with E-state index in [4.69, 9.17) is 10.5 Å². The molecule has 2 aromatic rings. The van der Waals surface area contributed by atoms with E-state index in [2.05, 4.69) is 5.32 Å². The van der Waals surface area contributed by atoms with Crippen molar-refractivity contribution in [3.63, 3.8) is 0 Å². The van der Waals surface area contributed by atoms with Crippen LogP contribution in [-0.2, 0) is 6.42 Å². The molecule has 21 heavy (non-hydrogen) atoms. The molecule has 2 aromatic carbocycles. The fourth-order valence-electron chi connectivity index (χ4n) is 2.06. The van der Waals surface area contributed by atoms with Gasteiger partial charge in [-0.15, -0.1) is 0 Å². The minimum Gasteiger partial charge on any atom is -0.504 e. The van der Waals surface area contributed by atoms with Gasteiger partial charge in [0.1, 0.15) is 0 Å². The first-order valence-electron chi connectivity index (χ1n) is 6.62. The number of hydrogen-bond acceptors (Lipinski definition) is 4. The first kappa shape index (κ1) is 14.7. The lowest BCUT2D eigenvalue weighted by Crippen LogP contribution is -2.12. The van der Waals surface area contributed by atoms with Crippen LogP contribution in [0.25, 0.3) is 0 Å². The summed E-state index contributed by atoms with van der Waals surface area (Å²) >= 11 is 0. The molecular formula is C16H18N2O3. The van der Waals surface area contributed by atoms with Gasteiger partial charge in [-0.1, -0.05) is 19.1 Å². The van der Waals surface area contributed by atoms with Gasteiger partial charge in [-0.3, -0.25) is 4.79 Å². The second-order valence-corrected chi connectivity index (χ2v) is 4.58. The van der Waals surface area contributed by atoms with E-state index >= 15 is 0 Å². The molecule has 0 saturated carbocycles. The van der Waals surface area contributed by atoms with E-state index in [0.717, 1.165) is 12.0 Å². The van der Waals surface area contributed by atoms with Crippen LogP contribution in [0.4, 0.5) is 11.4 Å². The lowest BCUT2D eigenvalue weighted by molar-refractivity contribution is 0.102. The molecule has 0 aromatic heterocycles. The molecule has 0 saturated heterocycles. The van der Waals surface area contributed by atoms with Crippen molar-refractivity contribution in [1.29, 1.82) is 0 Å². The van der Waals surface area contributed by atoms with Gasteiger partial charge in [0, 0.05) is 11.4 Å². The van der Waals surface area contributed by atoms with Crippen LogP contribution in [0.3, 0.4) is 0 Å². The molecule has 1 amide bonds. The molecule has 0 spiro atoms. The largest absolute Gasteiger partial charge is 0.504 e. The number of nitrogen functional groups attached to an aromatic ring is 1. The van der Waals surface area contributed by atoms with Gasteiger partial charge < -0.3 is 20.9 Å². The fourth-order valence-corrected chi connectivity index (χ4v) is 2.06. The number of rotatable bonds is 4. The Balaban J connectivity index is 2.24. The maximum absolute atomic E-state index is 12.2. The topological polar surface area (TPSA) is 84.6 Å². The van der Waals surface area contributed by atoms with Gasteiger partial charge in [0.2, 0.25) is 0 Å². The molecule has 0 aliphatic carbocycles. The summed E-state index contributed by atoms with van der Waals surface area (Å²) in [7, 11) is 1.43. The number of aryl methyl sites for hydroxylation is 1. The predicted octanol–water partition coefficient (Wildman–Crippen LogP) is 2.80. The molecule has 5 heteroatoms. The van der Waals surface area contributed by atoms with E-state index < -0.39 is 5.91 Å². The number of ether oxygens (including phenoxy) is 1. The Morgan fingerprint density at radius 2 is 2.10 bits per heavy atom. The third-order valence-corrected chi connectivity index (χ3v) is 3.25. The molecule has 2 rings (SSSR count). The molecule has 110 valence electrons. The van der Waals surface area contributed by atoms with Crippen LogP contribution >= 0.6 is 0 Å². The Bertz CT molecular complexity index is 669. The normalized spacial score (nSPS) is 10.2. The van der Waals surface area contributed by atoms with E-state index in [1.807, 2.05) is 13.0 Å². The first-order valence-corrected chi connectivity index (χ1v) is 6.62. The highest BCUT2D eigenvalue weighted by molar-refractivity contribution is 6.06. The number of para-hydroxylation sites is 1. The zero-order valence-electron chi connectivity index (χ0n) is 12.0. The third kappa shape index (κ3) is 3.08. The molecule has 0 fully saturated rings. The number of carbonyl (C=O) groups excluding carboxylic acids is 1. The number of phenols is 1. The lowest BCUT2D eigenvalue weighted by atomic mass is 10.1. The summed E-state index contributed by atoms with van der Waals surface area (Å²) in [5, 5.41) is 12.7. The molecule has 0 atom stereocenters. The van der Waals surface area contributed by atoms with Gasteiger partial charge >= 0.3 is 0 Å². The SMILES string of the molecule is CCc1ccc(NC(=O)c2cccc(OC)c2O)cc1N. The third-order valence-electron chi connectivity index (χ3n) is 3.25. The minimum atomic E-state index is -0.421. The molecule has 0 heterocycles. The van der Waals surface area contributed by atoms with Gasteiger partial charge in [0.05, 0.1) is 12.7 Å². The predicted molar refractivity (Wildman–Crippen MR) is 82.8 cm³/mol. The first-order chi connectivity index (χ1) is 10.1. The monoisotopic (exact) mass is 286 g/mol. The van der Waals surface area contributed by atoms with E-state index in [0.29, 0.717) is 11.4 Å². The Labute approximate surface area is 123 Å². The van der Waals surface area contributed by atoms with Crippen LogP contribution in [0.15, 0.2) is 36.4 Å². The Hall–Kier alpha value is -2.69. The highest BCUT2D eigenvalue weighted by Gasteiger charge is 2.15. The fraction of sp³-hybridized carbons (Fsp3) is 0.188. The number of phenolic OH excluding ortho intramolecular Hbond substituents is 1. The second kappa shape index (κ2) is 6.17. The number of aromatic hydroxyl groups is 1. The van der Waals surface area contributed by atoms with Gasteiger partial charge in [-0.25, -0.2) is 0 Å². The van der Waals surface area contributed by atoms with Crippen molar-refractivity contribution in [1.82, 2.24) is 0 Å². The van der Waals surface area contributed by atoms with Crippen molar-refractivity contribution in [2.24, 2.45) is 0 Å². The summed E-state index contributed by atoms with van der Waals surface area (Å²) in [5.41, 5.74) is 8.28. The second-order valence-electron chi connectivity index (χ2n) is 4.58. The number of amides is 1. The van der Waals surface area contributed by atoms with Crippen LogP contribution in [0.5, 0.6) is 11.5 Å². The standard InChI is InChI=1S/C16H18N2O3/c1-3-10-7-8-11(9-13(10)17)18-16(20)12-5-4-6-14(21-2)15(12)19/h4-9,19H,3,17H2,1-2H3,(H,18,20). The molecule has 0 radical (unpaired) electrons. The molecule has 0 aliphatic heterocycles. The number of benzene rings is 2. The van der Waals surface area contributed by atoms with Gasteiger partial charge in [0.25, 0.3) is 5.91 Å². The molecule has 0 unspecified atom stereocenters. The van der Waals surface area contributed by atoms with Crippen LogP contribution in [-0.4, -0.2) is 18.1 Å². The summed E-state index contributed by atoms with van der Waals surface area (Å²) in [6.45, 7) is 2.01. The van der Waals surface area contributed by atoms with Gasteiger partial charge in [0.15, 0.2) is 11.5 Å². The highest BCUT2D eigenvalue weighted by Crippen LogP contribution is 2.30. The van der Waals surface area contributed by atoms with Crippen molar-refractivity contribution in [3.05, 3.63) is 47.5 Å². The Morgan fingerprint density at radius 3 is 2.71 bits per heavy atom. The molecule has 0 aliphatic rings. The van der Waals surface area contributed by atoms with Gasteiger partial charge in [-0.05, 0) is 36.2 Å². The van der Waals surface area contributed by atoms with E-state index in [1.165, 1.54) is 13.2 Å². The van der Waals surface area contributed by atoms with Crippen LogP contribution in [0.2, 0.25) is 0 Å². The van der Waals surface area contributed by atoms with Crippen LogP contribution < -0.4 is 15.8 Å². The van der Waals surface area contributed by atoms with Crippen LogP contribution in [0, 0.1) is 0 Å². The zero-order valence-corrected chi connectivity index (χ0v) is 12.0. The minimum absolute atomic E-state index is 0.146. The van der Waals surface area contributed by atoms with E-state index in [1.54, 1.807) is 24.3 Å².